The van der Waals surface area contributed by atoms with Crippen LogP contribution in [0.3, 0.4) is 0 Å². The number of amides is 12. The first-order chi connectivity index (χ1) is 41.7. The van der Waals surface area contributed by atoms with Crippen molar-refractivity contribution in [2.45, 2.75) is 172 Å². The maximum Gasteiger partial charge on any atom is 0.303 e. The number of unbranched alkanes of at least 4 members (excludes halogenated alkanes) is 1. The predicted octanol–water partition coefficient (Wildman–Crippen LogP) is -2.84. The Kier molecular flexibility index (Phi) is 29.1. The van der Waals surface area contributed by atoms with Crippen LogP contribution >= 0.6 is 11.6 Å². The number of nitrogens with one attached hydrogen (secondary N) is 8. The van der Waals surface area contributed by atoms with Crippen molar-refractivity contribution in [3.63, 3.8) is 0 Å². The maximum atomic E-state index is 15.0. The van der Waals surface area contributed by atoms with E-state index in [0.717, 1.165) is 4.90 Å². The van der Waals surface area contributed by atoms with Crippen LogP contribution in [-0.2, 0) is 75.2 Å². The van der Waals surface area contributed by atoms with E-state index in [4.69, 9.17) is 34.5 Å². The fourth-order valence-corrected chi connectivity index (χ4v) is 10.0. The highest BCUT2D eigenvalue weighted by atomic mass is 35.5. The first-order valence-electron chi connectivity index (χ1n) is 29.1. The third-order valence-electron chi connectivity index (χ3n) is 14.4. The normalized spacial score (nSPS) is 20.8. The van der Waals surface area contributed by atoms with Gasteiger partial charge >= 0.3 is 5.97 Å². The summed E-state index contributed by atoms with van der Waals surface area (Å²) in [5.41, 5.74) is 23.4. The van der Waals surface area contributed by atoms with Gasteiger partial charge in [0.25, 0.3) is 5.91 Å². The molecule has 3 heterocycles. The second kappa shape index (κ2) is 35.7. The fourth-order valence-electron chi connectivity index (χ4n) is 9.90. The minimum Gasteiger partial charge on any atom is -0.481 e. The molecule has 88 heavy (non-hydrogen) atoms. The number of guanidine groups is 1. The molecule has 0 unspecified atom stereocenters. The lowest BCUT2D eigenvalue weighted by atomic mass is 10.00. The Morgan fingerprint density at radius 1 is 0.739 bits per heavy atom. The molecule has 30 nitrogen and oxygen atoms in total. The molecular formula is C57H83ClN16O14. The number of carbonyl (C=O) groups excluding carboxylic acids is 12. The lowest BCUT2D eigenvalue weighted by molar-refractivity contribution is -0.154. The van der Waals surface area contributed by atoms with E-state index in [0.29, 0.717) is 33.9 Å². The molecule has 17 N–H and O–H groups in total. The van der Waals surface area contributed by atoms with Gasteiger partial charge in [-0.15, -0.1) is 0 Å². The largest absolute Gasteiger partial charge is 0.481 e. The molecule has 2 aliphatic heterocycles. The minimum atomic E-state index is -2.17. The molecular weight excluding hydrogens is 1170 g/mol. The number of rotatable bonds is 27. The van der Waals surface area contributed by atoms with E-state index in [1.54, 1.807) is 51.1 Å². The molecule has 4 rings (SSSR count). The number of nitrogens with two attached hydrogens (primary N) is 4. The number of carboxylic acid groups (broad SMARTS) is 1. The monoisotopic (exact) mass is 1250 g/mol. The Morgan fingerprint density at radius 3 is 1.92 bits per heavy atom. The smallest absolute Gasteiger partial charge is 0.303 e. The average Bonchev–Trinajstić information content (AvgIpc) is 3.52. The summed E-state index contributed by atoms with van der Waals surface area (Å²) in [5, 5.41) is 30.7. The van der Waals surface area contributed by atoms with Gasteiger partial charge in [-0.1, -0.05) is 50.6 Å². The summed E-state index contributed by atoms with van der Waals surface area (Å²) in [6, 6.07) is -4.68. The van der Waals surface area contributed by atoms with E-state index < -0.39 is 157 Å². The SMILES string of the molecule is CC[C@H](NC(C)=O)C(=O)N[C@@H](Cc1ccc(Cl)cc1)C(=O)N[C@@H](Cc1cccnc1)C(=O)N[C@@H]1CC(=O)N(CC(N)=O)C(=O)[C@H]2CCCN2C(=O)[C@H](CCCCN)NC(=O)[C@@H](CC(C)C)NC(=O)[C@H](CCCN=C(N)N)NC(=O)[C@@H](CCC(=O)O)NC1=O. The molecule has 0 spiro atoms. The highest BCUT2D eigenvalue weighted by Crippen LogP contribution is 2.23. The summed E-state index contributed by atoms with van der Waals surface area (Å²) < 4.78 is 0. The molecule has 9 atom stereocenters. The van der Waals surface area contributed by atoms with Crippen LogP contribution in [0, 0.1) is 5.92 Å². The van der Waals surface area contributed by atoms with Crippen LogP contribution in [0.2, 0.25) is 5.02 Å². The standard InChI is InChI=1S/C57H83ClN16O14/c1-5-36(65-32(4)75)48(80)70-41(26-33-15-17-35(58)18-16-33)52(84)71-42(27-34-11-8-22-63-29-34)53(85)72-43-28-46(77)74(30-45(60)76)56(88)44-14-10-24-73(44)55(87)39(12-6-7-21-59)68-51(83)40(25-31(2)3)69-49(81)37(13-9-23-64-57(61)62)66-50(82)38(67-54(43)86)19-20-47(78)79/h8,11,15-18,22,29,31,36-44H,5-7,9-10,12-14,19-21,23-28,30,59H2,1-4H3,(H2,60,76)(H,65,75)(H,66,82)(H,67,86)(H,68,83)(H,69,81)(H,70,80)(H,71,84)(H,72,85)(H,78,79)(H4,61,62,64)/t36-,37-,38+,39-,40+,41-,42-,43+,44+/m0/s1. The number of carbonyl (C=O) groups is 13. The van der Waals surface area contributed by atoms with Crippen LogP contribution in [0.4, 0.5) is 0 Å². The summed E-state index contributed by atoms with van der Waals surface area (Å²) in [7, 11) is 0. The van der Waals surface area contributed by atoms with Gasteiger partial charge in [0.15, 0.2) is 5.96 Å². The van der Waals surface area contributed by atoms with Gasteiger partial charge < -0.3 is 75.5 Å². The summed E-state index contributed by atoms with van der Waals surface area (Å²) in [6.45, 7) is 5.34. The molecule has 2 fully saturated rings. The number of aliphatic imine (C=N–C) groups is 1. The summed E-state index contributed by atoms with van der Waals surface area (Å²) in [5.74, 6) is -14.1. The number of fused-ring (bicyclic) bond motifs is 1. The number of halogens is 1. The van der Waals surface area contributed by atoms with Gasteiger partial charge in [-0.25, -0.2) is 0 Å². The van der Waals surface area contributed by atoms with Crippen LogP contribution < -0.4 is 65.5 Å². The second-order valence-electron chi connectivity index (χ2n) is 22.0. The van der Waals surface area contributed by atoms with E-state index in [2.05, 4.69) is 52.5 Å². The Morgan fingerprint density at radius 2 is 1.33 bits per heavy atom. The van der Waals surface area contributed by atoms with Crippen LogP contribution in [0.5, 0.6) is 0 Å². The van der Waals surface area contributed by atoms with Crippen molar-refractivity contribution < 1.29 is 67.4 Å². The van der Waals surface area contributed by atoms with Gasteiger partial charge in [0.1, 0.15) is 60.9 Å². The summed E-state index contributed by atoms with van der Waals surface area (Å²) in [6.07, 6.45) is 0.351. The van der Waals surface area contributed by atoms with Crippen LogP contribution in [0.15, 0.2) is 53.8 Å². The number of nitrogens with zero attached hydrogens (tertiary/aromatic N) is 4. The fraction of sp³-hybridized carbons (Fsp3) is 0.561. The Bertz CT molecular complexity index is 2840. The first-order valence-corrected chi connectivity index (χ1v) is 29.5. The highest BCUT2D eigenvalue weighted by molar-refractivity contribution is 6.30. The molecule has 482 valence electrons. The number of aliphatic carboxylic acids is 1. The van der Waals surface area contributed by atoms with Gasteiger partial charge in [0, 0.05) is 56.7 Å². The number of hydrogen-bond acceptors (Lipinski definition) is 16. The van der Waals surface area contributed by atoms with Gasteiger partial charge in [0.05, 0.1) is 6.42 Å². The van der Waals surface area contributed by atoms with Gasteiger partial charge in [0.2, 0.25) is 65.0 Å². The van der Waals surface area contributed by atoms with E-state index in [1.807, 2.05) is 0 Å². The lowest BCUT2D eigenvalue weighted by Gasteiger charge is -2.33. The summed E-state index contributed by atoms with van der Waals surface area (Å²) >= 11 is 6.15. The Labute approximate surface area is 514 Å². The number of carboxylic acids is 1. The zero-order valence-electron chi connectivity index (χ0n) is 49.9. The summed E-state index contributed by atoms with van der Waals surface area (Å²) in [4.78, 5) is 193. The number of benzene rings is 1. The molecule has 2 saturated heterocycles. The quantitative estimate of drug-likeness (QED) is 0.0185. The molecule has 1 aromatic carbocycles. The van der Waals surface area contributed by atoms with Crippen molar-refractivity contribution in [3.05, 3.63) is 64.9 Å². The number of imide groups is 1. The van der Waals surface area contributed by atoms with Gasteiger partial charge in [-0.05, 0) is 106 Å². The highest BCUT2D eigenvalue weighted by Gasteiger charge is 2.44. The number of primary amides is 1. The zero-order valence-corrected chi connectivity index (χ0v) is 50.6. The third-order valence-corrected chi connectivity index (χ3v) is 14.6. The van der Waals surface area contributed by atoms with E-state index in [1.165, 1.54) is 25.4 Å². The van der Waals surface area contributed by atoms with Crippen molar-refractivity contribution >= 4 is 94.4 Å². The van der Waals surface area contributed by atoms with Crippen molar-refractivity contribution in [2.75, 3.05) is 26.2 Å². The second-order valence-corrected chi connectivity index (χ2v) is 22.4. The zero-order chi connectivity index (χ0) is 65.2. The molecule has 31 heteroatoms. The molecule has 0 aliphatic carbocycles. The van der Waals surface area contributed by atoms with Crippen molar-refractivity contribution in [1.82, 2.24) is 57.3 Å². The van der Waals surface area contributed by atoms with Crippen molar-refractivity contribution in [3.8, 4) is 0 Å². The van der Waals surface area contributed by atoms with E-state index >= 15 is 4.79 Å². The molecule has 1 aromatic heterocycles. The van der Waals surface area contributed by atoms with E-state index in [9.17, 15) is 62.6 Å². The predicted molar refractivity (Wildman–Crippen MR) is 319 cm³/mol. The first kappa shape index (κ1) is 71.7. The van der Waals surface area contributed by atoms with Gasteiger partial charge in [-0.3, -0.25) is 77.2 Å². The maximum absolute atomic E-state index is 15.0. The minimum absolute atomic E-state index is 0.000948. The molecule has 2 aliphatic rings. The van der Waals surface area contributed by atoms with Crippen molar-refractivity contribution in [2.24, 2.45) is 33.8 Å². The topological polar surface area (TPSA) is 474 Å². The van der Waals surface area contributed by atoms with Gasteiger partial charge in [-0.2, -0.15) is 0 Å². The molecule has 12 amide bonds. The number of pyridine rings is 1. The third kappa shape index (κ3) is 23.5. The van der Waals surface area contributed by atoms with Crippen molar-refractivity contribution in [1.29, 1.82) is 0 Å². The number of hydrogen-bond donors (Lipinski definition) is 13. The molecule has 2 aromatic rings. The Hall–Kier alpha value is -8.80. The Balaban J connectivity index is 1.92. The molecule has 0 saturated carbocycles. The number of aromatic nitrogens is 1. The van der Waals surface area contributed by atoms with E-state index in [-0.39, 0.29) is 89.3 Å². The average molecular weight is 1250 g/mol. The van der Waals surface area contributed by atoms with Crippen LogP contribution in [0.25, 0.3) is 0 Å². The molecule has 0 bridgehead atoms. The lowest BCUT2D eigenvalue weighted by Crippen LogP contribution is -2.62. The van der Waals surface area contributed by atoms with Crippen LogP contribution in [-0.4, -0.2) is 183 Å². The van der Waals surface area contributed by atoms with Crippen LogP contribution in [0.1, 0.15) is 116 Å². The molecule has 0 radical (unpaired) electrons.